The number of hydrogen-bond acceptors (Lipinski definition) is 4. The maximum Gasteiger partial charge on any atom is 0.0697 e. The molecular weight excluding hydrogens is 182 g/mol. The van der Waals surface area contributed by atoms with Crippen molar-refractivity contribution in [3.05, 3.63) is 18.0 Å². The molecule has 1 aromatic rings. The lowest BCUT2D eigenvalue weighted by atomic mass is 10.4. The number of aliphatic hydroxyl groups is 1. The summed E-state index contributed by atoms with van der Waals surface area (Å²) in [5.74, 6) is 0. The molecule has 1 rings (SSSR count). The molecule has 5 heteroatoms. The molecule has 80 valence electrons. The van der Waals surface area contributed by atoms with Gasteiger partial charge in [0, 0.05) is 25.0 Å². The molecule has 0 atom stereocenters. The highest BCUT2D eigenvalue weighted by molar-refractivity contribution is 4.96. The van der Waals surface area contributed by atoms with Gasteiger partial charge in [0.05, 0.1) is 13.2 Å². The lowest BCUT2D eigenvalue weighted by Crippen LogP contribution is -2.17. The maximum atomic E-state index is 8.44. The molecule has 0 spiro atoms. The fourth-order valence-corrected chi connectivity index (χ4v) is 1.07. The van der Waals surface area contributed by atoms with Crippen molar-refractivity contribution in [2.75, 3.05) is 26.4 Å². The van der Waals surface area contributed by atoms with Crippen molar-refractivity contribution in [2.45, 2.75) is 13.0 Å². The Balaban J connectivity index is 1.85. The first-order valence-corrected chi connectivity index (χ1v) is 4.81. The van der Waals surface area contributed by atoms with E-state index in [9.17, 15) is 0 Å². The fourth-order valence-electron chi connectivity index (χ4n) is 1.07. The minimum atomic E-state index is 0.0988. The quantitative estimate of drug-likeness (QED) is 0.511. The van der Waals surface area contributed by atoms with Crippen LogP contribution in [0, 0.1) is 0 Å². The molecule has 0 saturated carbocycles. The summed E-state index contributed by atoms with van der Waals surface area (Å²) < 4.78 is 5.11. The number of hydrogen-bond donors (Lipinski definition) is 3. The number of rotatable bonds is 8. The van der Waals surface area contributed by atoms with Crippen molar-refractivity contribution in [1.29, 1.82) is 0 Å². The lowest BCUT2D eigenvalue weighted by molar-refractivity contribution is 0.0907. The monoisotopic (exact) mass is 199 g/mol. The van der Waals surface area contributed by atoms with Gasteiger partial charge in [-0.3, -0.25) is 5.10 Å². The number of nitrogens with zero attached hydrogens (tertiary/aromatic N) is 1. The van der Waals surface area contributed by atoms with Crippen molar-refractivity contribution < 1.29 is 9.84 Å². The van der Waals surface area contributed by atoms with Gasteiger partial charge in [-0.15, -0.1) is 0 Å². The normalized spacial score (nSPS) is 10.6. The second kappa shape index (κ2) is 7.49. The number of aromatic nitrogens is 2. The maximum absolute atomic E-state index is 8.44. The van der Waals surface area contributed by atoms with Crippen LogP contribution >= 0.6 is 0 Å². The Morgan fingerprint density at radius 1 is 1.50 bits per heavy atom. The first kappa shape index (κ1) is 11.2. The Morgan fingerprint density at radius 2 is 2.43 bits per heavy atom. The molecule has 0 aliphatic heterocycles. The summed E-state index contributed by atoms with van der Waals surface area (Å²) in [4.78, 5) is 0. The number of aromatic amines is 1. The van der Waals surface area contributed by atoms with Crippen LogP contribution in [0.5, 0.6) is 0 Å². The zero-order valence-corrected chi connectivity index (χ0v) is 8.20. The van der Waals surface area contributed by atoms with Gasteiger partial charge in [0.25, 0.3) is 0 Å². The summed E-state index contributed by atoms with van der Waals surface area (Å²) in [5, 5.41) is 18.4. The van der Waals surface area contributed by atoms with E-state index < -0.39 is 0 Å². The largest absolute Gasteiger partial charge is 0.394 e. The van der Waals surface area contributed by atoms with Crippen molar-refractivity contribution in [2.24, 2.45) is 0 Å². The smallest absolute Gasteiger partial charge is 0.0697 e. The van der Waals surface area contributed by atoms with Crippen LogP contribution in [0.15, 0.2) is 12.3 Å². The molecule has 0 unspecified atom stereocenters. The van der Waals surface area contributed by atoms with Gasteiger partial charge in [-0.1, -0.05) is 0 Å². The van der Waals surface area contributed by atoms with Crippen LogP contribution in [0.1, 0.15) is 12.1 Å². The van der Waals surface area contributed by atoms with Crippen LogP contribution in [0.4, 0.5) is 0 Å². The van der Waals surface area contributed by atoms with E-state index in [1.165, 1.54) is 0 Å². The molecule has 5 nitrogen and oxygen atoms in total. The van der Waals surface area contributed by atoms with Gasteiger partial charge in [0.2, 0.25) is 0 Å². The van der Waals surface area contributed by atoms with Crippen LogP contribution in [-0.4, -0.2) is 41.7 Å². The van der Waals surface area contributed by atoms with Crippen LogP contribution in [0.3, 0.4) is 0 Å². The average Bonchev–Trinajstić information content (AvgIpc) is 2.69. The summed E-state index contributed by atoms with van der Waals surface area (Å²) >= 11 is 0. The number of H-pyrrole nitrogens is 1. The van der Waals surface area contributed by atoms with Gasteiger partial charge >= 0.3 is 0 Å². The highest BCUT2D eigenvalue weighted by Gasteiger charge is 1.92. The van der Waals surface area contributed by atoms with Crippen molar-refractivity contribution >= 4 is 0 Å². The summed E-state index contributed by atoms with van der Waals surface area (Å²) in [7, 11) is 0. The molecule has 0 aliphatic carbocycles. The molecule has 3 N–H and O–H groups in total. The van der Waals surface area contributed by atoms with E-state index in [4.69, 9.17) is 9.84 Å². The van der Waals surface area contributed by atoms with E-state index in [1.807, 2.05) is 6.07 Å². The summed E-state index contributed by atoms with van der Waals surface area (Å²) in [5.41, 5.74) is 1.08. The molecule has 0 amide bonds. The van der Waals surface area contributed by atoms with Crippen molar-refractivity contribution in [3.63, 3.8) is 0 Å². The number of nitrogens with one attached hydrogen (secondary N) is 2. The first-order valence-electron chi connectivity index (χ1n) is 4.81. The SMILES string of the molecule is OCCOCCCNCc1ccn[nH]1. The molecule has 0 bridgehead atoms. The Labute approximate surface area is 83.5 Å². The van der Waals surface area contributed by atoms with Crippen LogP contribution < -0.4 is 5.32 Å². The molecule has 0 fully saturated rings. The highest BCUT2D eigenvalue weighted by atomic mass is 16.5. The van der Waals surface area contributed by atoms with Crippen molar-refractivity contribution in [3.8, 4) is 0 Å². The molecule has 14 heavy (non-hydrogen) atoms. The third-order valence-corrected chi connectivity index (χ3v) is 1.75. The number of aliphatic hydroxyl groups excluding tert-OH is 1. The average molecular weight is 199 g/mol. The van der Waals surface area contributed by atoms with Crippen molar-refractivity contribution in [1.82, 2.24) is 15.5 Å². The van der Waals surface area contributed by atoms with Gasteiger partial charge in [0.15, 0.2) is 0 Å². The number of ether oxygens (including phenoxy) is 1. The van der Waals surface area contributed by atoms with E-state index in [0.717, 1.165) is 25.2 Å². The Kier molecular flexibility index (Phi) is 5.97. The minimum absolute atomic E-state index is 0.0988. The zero-order valence-electron chi connectivity index (χ0n) is 8.20. The predicted octanol–water partition coefficient (Wildman–Crippen LogP) is -0.102. The molecule has 0 saturated heterocycles. The molecule has 0 aromatic carbocycles. The summed E-state index contributed by atoms with van der Waals surface area (Å²) in [6.07, 6.45) is 2.69. The van der Waals surface area contributed by atoms with Gasteiger partial charge in [-0.2, -0.15) is 5.10 Å². The second-order valence-corrected chi connectivity index (χ2v) is 2.95. The fraction of sp³-hybridized carbons (Fsp3) is 0.667. The van der Waals surface area contributed by atoms with E-state index in [2.05, 4.69) is 15.5 Å². The summed E-state index contributed by atoms with van der Waals surface area (Å²) in [6, 6.07) is 1.94. The minimum Gasteiger partial charge on any atom is -0.394 e. The third-order valence-electron chi connectivity index (χ3n) is 1.75. The molecule has 0 radical (unpaired) electrons. The first-order chi connectivity index (χ1) is 6.93. The third kappa shape index (κ3) is 4.96. The topological polar surface area (TPSA) is 70.2 Å². The van der Waals surface area contributed by atoms with E-state index in [-0.39, 0.29) is 6.61 Å². The zero-order chi connectivity index (χ0) is 10.1. The Morgan fingerprint density at radius 3 is 3.14 bits per heavy atom. The lowest BCUT2D eigenvalue weighted by Gasteiger charge is -2.03. The van der Waals surface area contributed by atoms with Crippen LogP contribution in [0.25, 0.3) is 0 Å². The second-order valence-electron chi connectivity index (χ2n) is 2.95. The van der Waals surface area contributed by atoms with Crippen LogP contribution in [0.2, 0.25) is 0 Å². The van der Waals surface area contributed by atoms with E-state index in [1.54, 1.807) is 6.20 Å². The Hall–Kier alpha value is -0.910. The summed E-state index contributed by atoms with van der Waals surface area (Å²) in [6.45, 7) is 2.93. The van der Waals surface area contributed by atoms with E-state index in [0.29, 0.717) is 13.2 Å². The van der Waals surface area contributed by atoms with Gasteiger partial charge < -0.3 is 15.2 Å². The molecular formula is C9H17N3O2. The standard InChI is InChI=1S/C9H17N3O2/c13-5-7-14-6-1-3-10-8-9-2-4-11-12-9/h2,4,10,13H,1,3,5-8H2,(H,11,12). The van der Waals surface area contributed by atoms with Gasteiger partial charge in [-0.25, -0.2) is 0 Å². The molecule has 1 heterocycles. The predicted molar refractivity (Wildman–Crippen MR) is 52.8 cm³/mol. The van der Waals surface area contributed by atoms with E-state index >= 15 is 0 Å². The van der Waals surface area contributed by atoms with Crippen LogP contribution in [-0.2, 0) is 11.3 Å². The van der Waals surface area contributed by atoms with Gasteiger partial charge in [-0.05, 0) is 19.0 Å². The molecule has 0 aliphatic rings. The molecule has 1 aromatic heterocycles. The Bertz CT molecular complexity index is 214. The highest BCUT2D eigenvalue weighted by Crippen LogP contribution is 1.89. The van der Waals surface area contributed by atoms with Gasteiger partial charge in [0.1, 0.15) is 0 Å².